The van der Waals surface area contributed by atoms with Gasteiger partial charge in [0.25, 0.3) is 0 Å². The van der Waals surface area contributed by atoms with Crippen LogP contribution >= 0.6 is 0 Å². The summed E-state index contributed by atoms with van der Waals surface area (Å²) in [6, 6.07) is 9.81. The van der Waals surface area contributed by atoms with E-state index in [0.29, 0.717) is 6.61 Å². The number of aliphatic hydroxyl groups is 1. The highest BCUT2D eigenvalue weighted by atomic mass is 16.7. The molecule has 2 fully saturated rings. The molecule has 2 aliphatic heterocycles. The predicted octanol–water partition coefficient (Wildman–Crippen LogP) is 1.26. The van der Waals surface area contributed by atoms with Gasteiger partial charge in [-0.3, -0.25) is 0 Å². The van der Waals surface area contributed by atoms with Gasteiger partial charge in [0.05, 0.1) is 25.9 Å². The smallest absolute Gasteiger partial charge is 0.170 e. The standard InChI is InChI=1S/C16H23NO4/c18-15(21-11-12-5-2-1-3-6-12)14-9-13(10-17-14)16-19-7-4-8-20-16/h1-3,5-6,13-18H,4,7-11H2/t13?,14-,15?/m0/s1. The average molecular weight is 293 g/mol. The molecule has 21 heavy (non-hydrogen) atoms. The molecule has 0 spiro atoms. The van der Waals surface area contributed by atoms with E-state index in [-0.39, 0.29) is 18.2 Å². The minimum Gasteiger partial charge on any atom is -0.367 e. The largest absolute Gasteiger partial charge is 0.367 e. The fourth-order valence-corrected chi connectivity index (χ4v) is 2.87. The minimum atomic E-state index is -0.807. The van der Waals surface area contributed by atoms with Gasteiger partial charge in [0.15, 0.2) is 12.6 Å². The van der Waals surface area contributed by atoms with E-state index >= 15 is 0 Å². The zero-order valence-corrected chi connectivity index (χ0v) is 12.1. The van der Waals surface area contributed by atoms with Gasteiger partial charge in [0.1, 0.15) is 0 Å². The Morgan fingerprint density at radius 2 is 2.00 bits per heavy atom. The minimum absolute atomic E-state index is 0.0622. The molecule has 2 unspecified atom stereocenters. The number of aliphatic hydroxyl groups excluding tert-OH is 1. The molecule has 0 amide bonds. The summed E-state index contributed by atoms with van der Waals surface area (Å²) in [7, 11) is 0. The molecule has 0 aromatic heterocycles. The molecule has 3 rings (SSSR count). The van der Waals surface area contributed by atoms with Crippen LogP contribution in [0.25, 0.3) is 0 Å². The van der Waals surface area contributed by atoms with Gasteiger partial charge in [-0.1, -0.05) is 30.3 Å². The Kier molecular flexibility index (Phi) is 5.22. The molecule has 1 aromatic carbocycles. The van der Waals surface area contributed by atoms with Gasteiger partial charge in [-0.05, 0) is 18.4 Å². The summed E-state index contributed by atoms with van der Waals surface area (Å²) >= 11 is 0. The van der Waals surface area contributed by atoms with Crippen LogP contribution in [0.4, 0.5) is 0 Å². The fourth-order valence-electron chi connectivity index (χ4n) is 2.87. The lowest BCUT2D eigenvalue weighted by molar-refractivity contribution is -0.203. The highest BCUT2D eigenvalue weighted by Crippen LogP contribution is 2.25. The summed E-state index contributed by atoms with van der Waals surface area (Å²) < 4.78 is 16.8. The number of nitrogens with one attached hydrogen (secondary N) is 1. The predicted molar refractivity (Wildman–Crippen MR) is 77.4 cm³/mol. The van der Waals surface area contributed by atoms with Crippen molar-refractivity contribution in [2.45, 2.75) is 38.1 Å². The van der Waals surface area contributed by atoms with Gasteiger partial charge >= 0.3 is 0 Å². The number of rotatable bonds is 5. The van der Waals surface area contributed by atoms with Crippen molar-refractivity contribution in [1.82, 2.24) is 5.32 Å². The quantitative estimate of drug-likeness (QED) is 0.801. The molecule has 0 bridgehead atoms. The topological polar surface area (TPSA) is 60.0 Å². The third-order valence-electron chi connectivity index (χ3n) is 4.04. The number of hydrogen-bond acceptors (Lipinski definition) is 5. The second kappa shape index (κ2) is 7.33. The normalized spacial score (nSPS) is 28.6. The Labute approximate surface area is 125 Å². The van der Waals surface area contributed by atoms with E-state index in [9.17, 15) is 5.11 Å². The molecule has 116 valence electrons. The summed E-state index contributed by atoms with van der Waals surface area (Å²) in [6.45, 7) is 2.74. The Balaban J connectivity index is 1.44. The summed E-state index contributed by atoms with van der Waals surface area (Å²) in [5, 5.41) is 13.5. The van der Waals surface area contributed by atoms with Gasteiger partial charge in [0.2, 0.25) is 0 Å². The highest BCUT2D eigenvalue weighted by molar-refractivity contribution is 5.13. The molecular weight excluding hydrogens is 270 g/mol. The van der Waals surface area contributed by atoms with E-state index in [4.69, 9.17) is 14.2 Å². The van der Waals surface area contributed by atoms with Gasteiger partial charge in [-0.25, -0.2) is 0 Å². The van der Waals surface area contributed by atoms with Crippen LogP contribution < -0.4 is 5.32 Å². The average Bonchev–Trinajstić information content (AvgIpc) is 3.04. The van der Waals surface area contributed by atoms with E-state index < -0.39 is 6.29 Å². The van der Waals surface area contributed by atoms with Crippen LogP contribution in [-0.4, -0.2) is 43.5 Å². The monoisotopic (exact) mass is 293 g/mol. The van der Waals surface area contributed by atoms with Crippen LogP contribution in [0.15, 0.2) is 30.3 Å². The van der Waals surface area contributed by atoms with Crippen LogP contribution in [0.3, 0.4) is 0 Å². The van der Waals surface area contributed by atoms with Crippen molar-refractivity contribution >= 4 is 0 Å². The van der Waals surface area contributed by atoms with Crippen molar-refractivity contribution < 1.29 is 19.3 Å². The summed E-state index contributed by atoms with van der Waals surface area (Å²) in [5.74, 6) is 0.283. The number of benzene rings is 1. The third kappa shape index (κ3) is 4.02. The van der Waals surface area contributed by atoms with Gasteiger partial charge in [0, 0.05) is 12.5 Å². The lowest BCUT2D eigenvalue weighted by atomic mass is 10.0. The van der Waals surface area contributed by atoms with Crippen LogP contribution in [0, 0.1) is 5.92 Å². The van der Waals surface area contributed by atoms with Gasteiger partial charge in [-0.15, -0.1) is 0 Å². The molecule has 0 saturated carbocycles. The maximum absolute atomic E-state index is 10.2. The summed E-state index contributed by atoms with van der Waals surface area (Å²) in [4.78, 5) is 0. The van der Waals surface area contributed by atoms with Crippen LogP contribution in [0.5, 0.6) is 0 Å². The molecule has 2 aliphatic rings. The zero-order valence-electron chi connectivity index (χ0n) is 12.1. The van der Waals surface area contributed by atoms with Crippen LogP contribution in [-0.2, 0) is 20.8 Å². The van der Waals surface area contributed by atoms with Crippen molar-refractivity contribution in [2.75, 3.05) is 19.8 Å². The Morgan fingerprint density at radius 1 is 1.24 bits per heavy atom. The molecule has 2 heterocycles. The Bertz CT molecular complexity index is 422. The molecule has 5 nitrogen and oxygen atoms in total. The first-order chi connectivity index (χ1) is 10.3. The van der Waals surface area contributed by atoms with Gasteiger partial charge in [-0.2, -0.15) is 0 Å². The lowest BCUT2D eigenvalue weighted by Gasteiger charge is -2.27. The fraction of sp³-hybridized carbons (Fsp3) is 0.625. The third-order valence-corrected chi connectivity index (χ3v) is 4.04. The molecule has 0 radical (unpaired) electrons. The van der Waals surface area contributed by atoms with E-state index in [0.717, 1.165) is 38.2 Å². The Morgan fingerprint density at radius 3 is 2.76 bits per heavy atom. The maximum Gasteiger partial charge on any atom is 0.170 e. The van der Waals surface area contributed by atoms with Crippen molar-refractivity contribution in [2.24, 2.45) is 5.92 Å². The second-order valence-electron chi connectivity index (χ2n) is 5.66. The van der Waals surface area contributed by atoms with Crippen molar-refractivity contribution in [3.05, 3.63) is 35.9 Å². The summed E-state index contributed by atoms with van der Waals surface area (Å²) in [6.07, 6.45) is 0.820. The SMILES string of the molecule is OC(OCc1ccccc1)[C@@H]1CC(C2OCCCO2)CN1. The maximum atomic E-state index is 10.2. The van der Waals surface area contributed by atoms with E-state index in [1.165, 1.54) is 0 Å². The second-order valence-corrected chi connectivity index (χ2v) is 5.66. The molecule has 0 aliphatic carbocycles. The van der Waals surface area contributed by atoms with Crippen molar-refractivity contribution in [1.29, 1.82) is 0 Å². The molecule has 2 saturated heterocycles. The zero-order chi connectivity index (χ0) is 14.5. The molecule has 5 heteroatoms. The Hall–Kier alpha value is -0.980. The molecular formula is C16H23NO4. The summed E-state index contributed by atoms with van der Waals surface area (Å²) in [5.41, 5.74) is 1.06. The van der Waals surface area contributed by atoms with Crippen molar-refractivity contribution in [3.63, 3.8) is 0 Å². The molecule has 2 N–H and O–H groups in total. The van der Waals surface area contributed by atoms with Crippen LogP contribution in [0.2, 0.25) is 0 Å². The van der Waals surface area contributed by atoms with Crippen LogP contribution in [0.1, 0.15) is 18.4 Å². The van der Waals surface area contributed by atoms with Crippen molar-refractivity contribution in [3.8, 4) is 0 Å². The first kappa shape index (κ1) is 14.9. The molecule has 1 aromatic rings. The van der Waals surface area contributed by atoms with E-state index in [1.54, 1.807) is 0 Å². The first-order valence-electron chi connectivity index (χ1n) is 7.63. The van der Waals surface area contributed by atoms with Gasteiger partial charge < -0.3 is 24.6 Å². The van der Waals surface area contributed by atoms with E-state index in [2.05, 4.69) is 5.32 Å². The van der Waals surface area contributed by atoms with E-state index in [1.807, 2.05) is 30.3 Å². The number of ether oxygens (including phenoxy) is 3. The first-order valence-corrected chi connectivity index (χ1v) is 7.63. The lowest BCUT2D eigenvalue weighted by Crippen LogP contribution is -2.36. The molecule has 3 atom stereocenters. The number of hydrogen-bond donors (Lipinski definition) is 2. The highest BCUT2D eigenvalue weighted by Gasteiger charge is 2.36.